The standard InChI is InChI=1S/C19H21N3O/c1-14-6-8-16(9-7-14)13-20-19(23)11-10-17-15(2)21-18-5-3-4-12-22(17)18/h3-9,12H,10-11,13H2,1-2H3,(H,20,23). The van der Waals surface area contributed by atoms with Gasteiger partial charge in [-0.2, -0.15) is 0 Å². The lowest BCUT2D eigenvalue weighted by Crippen LogP contribution is -2.23. The van der Waals surface area contributed by atoms with Crippen LogP contribution in [0.15, 0.2) is 48.7 Å². The summed E-state index contributed by atoms with van der Waals surface area (Å²) in [5.74, 6) is 0.0656. The number of amides is 1. The quantitative estimate of drug-likeness (QED) is 0.787. The van der Waals surface area contributed by atoms with Crippen molar-refractivity contribution in [2.75, 3.05) is 0 Å². The van der Waals surface area contributed by atoms with Crippen molar-refractivity contribution in [3.63, 3.8) is 0 Å². The lowest BCUT2D eigenvalue weighted by Gasteiger charge is -2.06. The molecule has 23 heavy (non-hydrogen) atoms. The zero-order chi connectivity index (χ0) is 16.2. The first-order valence-corrected chi connectivity index (χ1v) is 7.88. The molecule has 3 aromatic rings. The zero-order valence-electron chi connectivity index (χ0n) is 13.5. The number of imidazole rings is 1. The number of hydrogen-bond acceptors (Lipinski definition) is 2. The minimum absolute atomic E-state index is 0.0656. The Kier molecular flexibility index (Phi) is 4.42. The summed E-state index contributed by atoms with van der Waals surface area (Å²) in [6.07, 6.45) is 3.15. The minimum atomic E-state index is 0.0656. The van der Waals surface area contributed by atoms with Crippen LogP contribution in [0.1, 0.15) is 28.9 Å². The van der Waals surface area contributed by atoms with Gasteiger partial charge < -0.3 is 9.72 Å². The fraction of sp³-hybridized carbons (Fsp3) is 0.263. The van der Waals surface area contributed by atoms with Crippen LogP contribution in [0.3, 0.4) is 0 Å². The van der Waals surface area contributed by atoms with Crippen LogP contribution in [0.2, 0.25) is 0 Å². The van der Waals surface area contributed by atoms with Crippen molar-refractivity contribution in [3.8, 4) is 0 Å². The summed E-state index contributed by atoms with van der Waals surface area (Å²) >= 11 is 0. The zero-order valence-corrected chi connectivity index (χ0v) is 13.5. The number of rotatable bonds is 5. The first-order valence-electron chi connectivity index (χ1n) is 7.88. The van der Waals surface area contributed by atoms with E-state index in [1.807, 2.05) is 43.5 Å². The van der Waals surface area contributed by atoms with Crippen LogP contribution >= 0.6 is 0 Å². The molecule has 0 radical (unpaired) electrons. The van der Waals surface area contributed by atoms with Crippen molar-refractivity contribution < 1.29 is 4.79 Å². The van der Waals surface area contributed by atoms with Gasteiger partial charge in [-0.3, -0.25) is 4.79 Å². The molecule has 0 unspecified atom stereocenters. The number of aromatic nitrogens is 2. The number of benzene rings is 1. The van der Waals surface area contributed by atoms with Gasteiger partial charge in [0.15, 0.2) is 0 Å². The van der Waals surface area contributed by atoms with E-state index >= 15 is 0 Å². The van der Waals surface area contributed by atoms with Gasteiger partial charge in [0.1, 0.15) is 5.65 Å². The van der Waals surface area contributed by atoms with Crippen molar-refractivity contribution in [1.29, 1.82) is 0 Å². The number of carbonyl (C=O) groups excluding carboxylic acids is 1. The second-order valence-corrected chi connectivity index (χ2v) is 5.84. The number of hydrogen-bond donors (Lipinski definition) is 1. The lowest BCUT2D eigenvalue weighted by atomic mass is 10.1. The highest BCUT2D eigenvalue weighted by molar-refractivity contribution is 5.76. The Labute approximate surface area is 136 Å². The smallest absolute Gasteiger partial charge is 0.220 e. The van der Waals surface area contributed by atoms with Gasteiger partial charge in [-0.25, -0.2) is 4.98 Å². The predicted octanol–water partition coefficient (Wildman–Crippen LogP) is 3.20. The van der Waals surface area contributed by atoms with Crippen LogP contribution in [0, 0.1) is 13.8 Å². The maximum atomic E-state index is 12.1. The van der Waals surface area contributed by atoms with Crippen LogP contribution < -0.4 is 5.32 Å². The fourth-order valence-electron chi connectivity index (χ4n) is 2.69. The number of carbonyl (C=O) groups is 1. The van der Waals surface area contributed by atoms with Gasteiger partial charge in [-0.05, 0) is 38.0 Å². The molecule has 0 saturated heterocycles. The summed E-state index contributed by atoms with van der Waals surface area (Å²) in [6.45, 7) is 4.62. The van der Waals surface area contributed by atoms with Crippen LogP contribution in [-0.2, 0) is 17.8 Å². The molecule has 0 fully saturated rings. The van der Waals surface area contributed by atoms with E-state index in [1.54, 1.807) is 0 Å². The summed E-state index contributed by atoms with van der Waals surface area (Å²) < 4.78 is 2.06. The topological polar surface area (TPSA) is 46.4 Å². The van der Waals surface area contributed by atoms with E-state index in [0.29, 0.717) is 19.4 Å². The third kappa shape index (κ3) is 3.59. The molecule has 2 heterocycles. The molecule has 118 valence electrons. The number of nitrogens with one attached hydrogen (secondary N) is 1. The Morgan fingerprint density at radius 2 is 1.91 bits per heavy atom. The second-order valence-electron chi connectivity index (χ2n) is 5.84. The predicted molar refractivity (Wildman–Crippen MR) is 91.3 cm³/mol. The van der Waals surface area contributed by atoms with Crippen molar-refractivity contribution in [2.24, 2.45) is 0 Å². The number of fused-ring (bicyclic) bond motifs is 1. The van der Waals surface area contributed by atoms with Crippen LogP contribution in [0.4, 0.5) is 0 Å². The minimum Gasteiger partial charge on any atom is -0.352 e. The van der Waals surface area contributed by atoms with Gasteiger partial charge in [-0.1, -0.05) is 35.9 Å². The largest absolute Gasteiger partial charge is 0.352 e. The summed E-state index contributed by atoms with van der Waals surface area (Å²) in [4.78, 5) is 16.6. The Morgan fingerprint density at radius 1 is 1.13 bits per heavy atom. The average Bonchev–Trinajstić information content (AvgIpc) is 2.87. The summed E-state index contributed by atoms with van der Waals surface area (Å²) in [6, 6.07) is 14.1. The molecule has 3 rings (SSSR count). The van der Waals surface area contributed by atoms with Crippen molar-refractivity contribution in [1.82, 2.24) is 14.7 Å². The highest BCUT2D eigenvalue weighted by Crippen LogP contribution is 2.13. The average molecular weight is 307 g/mol. The van der Waals surface area contributed by atoms with Crippen molar-refractivity contribution in [3.05, 3.63) is 71.2 Å². The maximum absolute atomic E-state index is 12.1. The Bertz CT molecular complexity index is 818. The van der Waals surface area contributed by atoms with E-state index in [-0.39, 0.29) is 5.91 Å². The molecule has 1 amide bonds. The van der Waals surface area contributed by atoms with E-state index in [4.69, 9.17) is 0 Å². The fourth-order valence-corrected chi connectivity index (χ4v) is 2.69. The molecule has 0 aliphatic rings. The Hall–Kier alpha value is -2.62. The van der Waals surface area contributed by atoms with E-state index in [2.05, 4.69) is 33.8 Å². The van der Waals surface area contributed by atoms with Gasteiger partial charge in [0, 0.05) is 24.9 Å². The monoisotopic (exact) mass is 307 g/mol. The summed E-state index contributed by atoms with van der Waals surface area (Å²) in [5, 5.41) is 2.98. The molecule has 0 saturated carbocycles. The molecular formula is C19H21N3O. The summed E-state index contributed by atoms with van der Waals surface area (Å²) in [5.41, 5.74) is 5.37. The summed E-state index contributed by atoms with van der Waals surface area (Å²) in [7, 11) is 0. The molecule has 0 spiro atoms. The molecule has 2 aromatic heterocycles. The van der Waals surface area contributed by atoms with Gasteiger partial charge >= 0.3 is 0 Å². The Morgan fingerprint density at radius 3 is 2.70 bits per heavy atom. The third-order valence-electron chi connectivity index (χ3n) is 4.03. The maximum Gasteiger partial charge on any atom is 0.220 e. The lowest BCUT2D eigenvalue weighted by molar-refractivity contribution is -0.121. The number of nitrogens with zero attached hydrogens (tertiary/aromatic N) is 2. The van der Waals surface area contributed by atoms with E-state index in [9.17, 15) is 4.79 Å². The first-order chi connectivity index (χ1) is 11.1. The molecule has 0 aliphatic heterocycles. The first kappa shape index (κ1) is 15.3. The molecule has 1 aromatic carbocycles. The molecule has 0 atom stereocenters. The molecular weight excluding hydrogens is 286 g/mol. The normalized spacial score (nSPS) is 10.9. The van der Waals surface area contributed by atoms with Gasteiger partial charge in [0.25, 0.3) is 0 Å². The molecule has 0 aliphatic carbocycles. The molecule has 4 nitrogen and oxygen atoms in total. The van der Waals surface area contributed by atoms with Gasteiger partial charge in [-0.15, -0.1) is 0 Å². The SMILES string of the molecule is Cc1ccc(CNC(=O)CCc2c(C)nc3ccccn23)cc1. The molecule has 0 bridgehead atoms. The van der Waals surface area contributed by atoms with Crippen molar-refractivity contribution >= 4 is 11.6 Å². The van der Waals surface area contributed by atoms with Crippen LogP contribution in [0.5, 0.6) is 0 Å². The Balaban J connectivity index is 1.58. The second kappa shape index (κ2) is 6.65. The van der Waals surface area contributed by atoms with E-state index in [0.717, 1.165) is 22.6 Å². The highest BCUT2D eigenvalue weighted by atomic mass is 16.1. The highest BCUT2D eigenvalue weighted by Gasteiger charge is 2.10. The van der Waals surface area contributed by atoms with Crippen LogP contribution in [-0.4, -0.2) is 15.3 Å². The van der Waals surface area contributed by atoms with E-state index in [1.165, 1.54) is 5.56 Å². The van der Waals surface area contributed by atoms with Crippen molar-refractivity contribution in [2.45, 2.75) is 33.2 Å². The molecule has 1 N–H and O–H groups in total. The van der Waals surface area contributed by atoms with Crippen LogP contribution in [0.25, 0.3) is 5.65 Å². The third-order valence-corrected chi connectivity index (χ3v) is 4.03. The molecule has 4 heteroatoms. The van der Waals surface area contributed by atoms with Gasteiger partial charge in [0.05, 0.1) is 5.69 Å². The number of aryl methyl sites for hydroxylation is 3. The number of pyridine rings is 1. The van der Waals surface area contributed by atoms with E-state index < -0.39 is 0 Å². The van der Waals surface area contributed by atoms with Gasteiger partial charge in [0.2, 0.25) is 5.91 Å².